The lowest BCUT2D eigenvalue weighted by Crippen LogP contribution is -2.38. The Balaban J connectivity index is 1.68. The zero-order chi connectivity index (χ0) is 12.6. The summed E-state index contributed by atoms with van der Waals surface area (Å²) in [5, 5.41) is 3.44. The first-order valence-electron chi connectivity index (χ1n) is 6.47. The summed E-state index contributed by atoms with van der Waals surface area (Å²) < 4.78 is 16.3. The van der Waals surface area contributed by atoms with Crippen LogP contribution in [0.15, 0.2) is 24.3 Å². The Hall–Kier alpha value is -1.26. The number of hydrogen-bond donors (Lipinski definition) is 1. The van der Waals surface area contributed by atoms with Gasteiger partial charge in [0.25, 0.3) is 0 Å². The van der Waals surface area contributed by atoms with Gasteiger partial charge in [-0.25, -0.2) is 0 Å². The first-order valence-corrected chi connectivity index (χ1v) is 6.47. The Labute approximate surface area is 108 Å². The fraction of sp³-hybridized carbons (Fsp3) is 0.571. The van der Waals surface area contributed by atoms with Crippen molar-refractivity contribution in [3.05, 3.63) is 24.3 Å². The molecule has 1 aromatic rings. The molecule has 1 fully saturated rings. The zero-order valence-corrected chi connectivity index (χ0v) is 10.9. The molecule has 100 valence electrons. The Morgan fingerprint density at radius 1 is 1.33 bits per heavy atom. The van der Waals surface area contributed by atoms with Crippen LogP contribution in [-0.4, -0.2) is 39.5 Å². The third kappa shape index (κ3) is 3.89. The molecule has 0 amide bonds. The monoisotopic (exact) mass is 251 g/mol. The van der Waals surface area contributed by atoms with Gasteiger partial charge in [-0.3, -0.25) is 0 Å². The molecular formula is C14H21NO3. The first kappa shape index (κ1) is 13.2. The number of benzene rings is 1. The molecule has 1 aliphatic heterocycles. The van der Waals surface area contributed by atoms with Gasteiger partial charge >= 0.3 is 0 Å². The van der Waals surface area contributed by atoms with Crippen LogP contribution < -0.4 is 14.8 Å². The minimum absolute atomic E-state index is 0.472. The molecule has 2 rings (SSSR count). The molecule has 1 aliphatic rings. The van der Waals surface area contributed by atoms with E-state index in [1.807, 2.05) is 24.3 Å². The third-order valence-corrected chi connectivity index (χ3v) is 3.02. The molecule has 1 N–H and O–H groups in total. The smallest absolute Gasteiger partial charge is 0.161 e. The number of hydrogen-bond acceptors (Lipinski definition) is 4. The van der Waals surface area contributed by atoms with E-state index in [-0.39, 0.29) is 0 Å². The van der Waals surface area contributed by atoms with E-state index in [0.29, 0.717) is 12.6 Å². The lowest BCUT2D eigenvalue weighted by molar-refractivity contribution is 0.0692. The molecule has 1 unspecified atom stereocenters. The molecular weight excluding hydrogens is 230 g/mol. The van der Waals surface area contributed by atoms with E-state index in [9.17, 15) is 0 Å². The van der Waals surface area contributed by atoms with Crippen LogP contribution >= 0.6 is 0 Å². The maximum atomic E-state index is 5.69. The van der Waals surface area contributed by atoms with Crippen LogP contribution in [0.5, 0.6) is 11.5 Å². The van der Waals surface area contributed by atoms with Gasteiger partial charge in [-0.15, -0.1) is 0 Å². The highest BCUT2D eigenvalue weighted by Crippen LogP contribution is 2.25. The van der Waals surface area contributed by atoms with Crippen molar-refractivity contribution in [2.45, 2.75) is 18.9 Å². The summed E-state index contributed by atoms with van der Waals surface area (Å²) in [6.07, 6.45) is 2.33. The average molecular weight is 251 g/mol. The van der Waals surface area contributed by atoms with Gasteiger partial charge in [0.05, 0.1) is 13.7 Å². The van der Waals surface area contributed by atoms with Gasteiger partial charge in [-0.1, -0.05) is 12.1 Å². The number of rotatable bonds is 6. The molecule has 0 radical (unpaired) electrons. The maximum Gasteiger partial charge on any atom is 0.161 e. The quantitative estimate of drug-likeness (QED) is 0.783. The topological polar surface area (TPSA) is 39.7 Å². The molecule has 1 aromatic carbocycles. The second-order valence-electron chi connectivity index (χ2n) is 4.37. The molecule has 0 aliphatic carbocycles. The Kier molecular flexibility index (Phi) is 5.30. The summed E-state index contributed by atoms with van der Waals surface area (Å²) in [5.41, 5.74) is 0. The molecule has 0 saturated carbocycles. The van der Waals surface area contributed by atoms with E-state index in [0.717, 1.165) is 37.7 Å². The summed E-state index contributed by atoms with van der Waals surface area (Å²) in [6.45, 7) is 3.17. The minimum Gasteiger partial charge on any atom is -0.493 e. The van der Waals surface area contributed by atoms with E-state index < -0.39 is 0 Å². The van der Waals surface area contributed by atoms with E-state index >= 15 is 0 Å². The van der Waals surface area contributed by atoms with Crippen LogP contribution in [0.3, 0.4) is 0 Å². The fourth-order valence-electron chi connectivity index (χ4n) is 2.06. The zero-order valence-electron chi connectivity index (χ0n) is 10.9. The minimum atomic E-state index is 0.472. The Morgan fingerprint density at radius 2 is 2.17 bits per heavy atom. The van der Waals surface area contributed by atoms with Crippen molar-refractivity contribution in [1.29, 1.82) is 0 Å². The normalized spacial score (nSPS) is 19.5. The van der Waals surface area contributed by atoms with Crippen molar-refractivity contribution in [2.24, 2.45) is 0 Å². The Bertz CT molecular complexity index is 351. The van der Waals surface area contributed by atoms with Crippen LogP contribution in [-0.2, 0) is 4.74 Å². The van der Waals surface area contributed by atoms with Crippen LogP contribution in [0.2, 0.25) is 0 Å². The molecule has 18 heavy (non-hydrogen) atoms. The fourth-order valence-corrected chi connectivity index (χ4v) is 2.06. The van der Waals surface area contributed by atoms with Gasteiger partial charge in [0.15, 0.2) is 11.5 Å². The van der Waals surface area contributed by atoms with Gasteiger partial charge in [-0.05, 0) is 25.0 Å². The summed E-state index contributed by atoms with van der Waals surface area (Å²) >= 11 is 0. The van der Waals surface area contributed by atoms with Crippen molar-refractivity contribution >= 4 is 0 Å². The molecule has 1 heterocycles. The Morgan fingerprint density at radius 3 is 2.89 bits per heavy atom. The van der Waals surface area contributed by atoms with Gasteiger partial charge < -0.3 is 19.5 Å². The number of methoxy groups -OCH3 is 1. The highest BCUT2D eigenvalue weighted by atomic mass is 16.5. The molecule has 0 aromatic heterocycles. The maximum absolute atomic E-state index is 5.69. The highest BCUT2D eigenvalue weighted by Gasteiger charge is 2.12. The van der Waals surface area contributed by atoms with Crippen molar-refractivity contribution in [1.82, 2.24) is 5.32 Å². The molecule has 4 heteroatoms. The van der Waals surface area contributed by atoms with Crippen LogP contribution in [0, 0.1) is 0 Å². The van der Waals surface area contributed by atoms with Crippen molar-refractivity contribution in [2.75, 3.05) is 33.5 Å². The highest BCUT2D eigenvalue weighted by molar-refractivity contribution is 5.39. The van der Waals surface area contributed by atoms with Crippen LogP contribution in [0.25, 0.3) is 0 Å². The van der Waals surface area contributed by atoms with E-state index in [1.54, 1.807) is 7.11 Å². The first-order chi connectivity index (χ1) is 8.90. The molecule has 1 atom stereocenters. The summed E-state index contributed by atoms with van der Waals surface area (Å²) in [7, 11) is 1.65. The molecule has 4 nitrogen and oxygen atoms in total. The predicted molar refractivity (Wildman–Crippen MR) is 70.3 cm³/mol. The number of para-hydroxylation sites is 2. The second-order valence-corrected chi connectivity index (χ2v) is 4.37. The summed E-state index contributed by atoms with van der Waals surface area (Å²) in [5.74, 6) is 1.57. The lowest BCUT2D eigenvalue weighted by atomic mass is 10.1. The second kappa shape index (κ2) is 7.24. The SMILES string of the molecule is COc1ccccc1OCCNC1CCCOC1. The average Bonchev–Trinajstić information content (AvgIpc) is 2.45. The van der Waals surface area contributed by atoms with Gasteiger partial charge in [-0.2, -0.15) is 0 Å². The predicted octanol–water partition coefficient (Wildman–Crippen LogP) is 1.84. The summed E-state index contributed by atoms with van der Waals surface area (Å²) in [6, 6.07) is 8.17. The van der Waals surface area contributed by atoms with Gasteiger partial charge in [0, 0.05) is 19.2 Å². The standard InChI is InChI=1S/C14H21NO3/c1-16-13-6-2-3-7-14(13)18-10-8-15-12-5-4-9-17-11-12/h2-3,6-7,12,15H,4-5,8-11H2,1H3. The largest absolute Gasteiger partial charge is 0.493 e. The van der Waals surface area contributed by atoms with Gasteiger partial charge in [0.2, 0.25) is 0 Å². The van der Waals surface area contributed by atoms with Crippen LogP contribution in [0.1, 0.15) is 12.8 Å². The van der Waals surface area contributed by atoms with E-state index in [1.165, 1.54) is 6.42 Å². The molecule has 0 spiro atoms. The molecule has 1 saturated heterocycles. The van der Waals surface area contributed by atoms with Crippen molar-refractivity contribution in [3.63, 3.8) is 0 Å². The van der Waals surface area contributed by atoms with E-state index in [4.69, 9.17) is 14.2 Å². The van der Waals surface area contributed by atoms with Crippen molar-refractivity contribution in [3.8, 4) is 11.5 Å². The van der Waals surface area contributed by atoms with Gasteiger partial charge in [0.1, 0.15) is 6.61 Å². The third-order valence-electron chi connectivity index (χ3n) is 3.02. The van der Waals surface area contributed by atoms with Crippen LogP contribution in [0.4, 0.5) is 0 Å². The van der Waals surface area contributed by atoms with Crippen molar-refractivity contribution < 1.29 is 14.2 Å². The molecule has 0 bridgehead atoms. The van der Waals surface area contributed by atoms with E-state index in [2.05, 4.69) is 5.32 Å². The summed E-state index contributed by atoms with van der Waals surface area (Å²) in [4.78, 5) is 0. The number of nitrogens with one attached hydrogen (secondary N) is 1. The lowest BCUT2D eigenvalue weighted by Gasteiger charge is -2.23. The number of ether oxygens (including phenoxy) is 3.